The number of hydrogen-bond donors (Lipinski definition) is 1. The Labute approximate surface area is 172 Å². The molecule has 110 valence electrons. The molecule has 5 nitrogen and oxygen atoms in total. The van der Waals surface area contributed by atoms with Crippen molar-refractivity contribution in [2.24, 2.45) is 0 Å². The molecule has 0 saturated carbocycles. The second-order valence-corrected chi connectivity index (χ2v) is 4.36. The van der Waals surface area contributed by atoms with Gasteiger partial charge in [-0.25, -0.2) is 4.79 Å². The normalized spacial score (nSPS) is 9.45. The number of rotatable bonds is 5. The molecule has 0 aromatic heterocycles. The van der Waals surface area contributed by atoms with Crippen LogP contribution in [0.3, 0.4) is 0 Å². The van der Waals surface area contributed by atoms with Gasteiger partial charge in [0.1, 0.15) is 13.2 Å². The molecule has 0 radical (unpaired) electrons. The van der Waals surface area contributed by atoms with E-state index in [0.29, 0.717) is 5.69 Å². The maximum Gasteiger partial charge on any atom is 1.00 e. The average Bonchev–Trinajstić information content (AvgIpc) is 2.52. The first-order chi connectivity index (χ1) is 10.2. The third-order valence-electron chi connectivity index (χ3n) is 2.79. The summed E-state index contributed by atoms with van der Waals surface area (Å²) in [5.41, 5.74) is 1.33. The minimum atomic E-state index is -1.10. The summed E-state index contributed by atoms with van der Waals surface area (Å²) in [7, 11) is 0. The first-order valence-electron chi connectivity index (χ1n) is 6.42. The topological polar surface area (TPSA) is 66.8 Å². The van der Waals surface area contributed by atoms with Gasteiger partial charge in [0.05, 0.1) is 0 Å². The number of anilines is 1. The van der Waals surface area contributed by atoms with Gasteiger partial charge in [0.15, 0.2) is 0 Å². The van der Waals surface area contributed by atoms with E-state index in [1.165, 1.54) is 0 Å². The number of carboxylic acid groups (broad SMARTS) is 1. The van der Waals surface area contributed by atoms with E-state index in [-0.39, 0.29) is 59.4 Å². The fourth-order valence-corrected chi connectivity index (χ4v) is 1.80. The molecule has 2 aromatic carbocycles. The number of nitrogens with zero attached hydrogens (tertiary/aromatic N) is 1. The van der Waals surface area contributed by atoms with E-state index in [0.717, 1.165) is 10.5 Å². The average molecular weight is 325 g/mol. The Morgan fingerprint density at radius 1 is 1.00 bits per heavy atom. The summed E-state index contributed by atoms with van der Waals surface area (Å²) >= 11 is 0. The summed E-state index contributed by atoms with van der Waals surface area (Å²) < 4.78 is 5.17. The number of carboxylic acids is 1. The van der Waals surface area contributed by atoms with Gasteiger partial charge in [-0.05, 0) is 17.7 Å². The number of para-hydroxylation sites is 1. The molecule has 2 rings (SSSR count). The van der Waals surface area contributed by atoms with Crippen LogP contribution in [0.4, 0.5) is 10.5 Å². The largest absolute Gasteiger partial charge is 1.00 e. The van der Waals surface area contributed by atoms with E-state index in [4.69, 9.17) is 9.84 Å². The van der Waals surface area contributed by atoms with E-state index in [1.54, 1.807) is 30.3 Å². The number of amides is 1. The van der Waals surface area contributed by atoms with Gasteiger partial charge in [0.25, 0.3) is 0 Å². The van der Waals surface area contributed by atoms with Crippen LogP contribution >= 0.6 is 0 Å². The third-order valence-corrected chi connectivity index (χ3v) is 2.79. The molecule has 1 N–H and O–H groups in total. The van der Waals surface area contributed by atoms with Gasteiger partial charge in [-0.3, -0.25) is 9.69 Å². The van der Waals surface area contributed by atoms with Crippen LogP contribution < -0.4 is 56.3 Å². The van der Waals surface area contributed by atoms with Gasteiger partial charge in [0, 0.05) is 5.69 Å². The van der Waals surface area contributed by atoms with Gasteiger partial charge in [-0.2, -0.15) is 0 Å². The summed E-state index contributed by atoms with van der Waals surface area (Å²) in [4.78, 5) is 24.1. The molecular weight excluding hydrogens is 309 g/mol. The van der Waals surface area contributed by atoms with Crippen molar-refractivity contribution >= 4 is 17.7 Å². The van der Waals surface area contributed by atoms with Gasteiger partial charge in [-0.1, -0.05) is 48.5 Å². The SMILES string of the molecule is O=C(O)CN(C(=O)OCc1ccccc1)c1ccccc1.[H-].[K+]. The summed E-state index contributed by atoms with van der Waals surface area (Å²) in [5.74, 6) is -1.10. The minimum absolute atomic E-state index is 0. The Morgan fingerprint density at radius 3 is 2.09 bits per heavy atom. The van der Waals surface area contributed by atoms with Crippen LogP contribution in [-0.4, -0.2) is 23.7 Å². The van der Waals surface area contributed by atoms with E-state index in [2.05, 4.69) is 0 Å². The smallest absolute Gasteiger partial charge is 1.00 e. The van der Waals surface area contributed by atoms with E-state index in [9.17, 15) is 9.59 Å². The molecule has 0 atom stereocenters. The second-order valence-electron chi connectivity index (χ2n) is 4.36. The number of carbonyl (C=O) groups is 2. The minimum Gasteiger partial charge on any atom is -1.00 e. The fraction of sp³-hybridized carbons (Fsp3) is 0.125. The van der Waals surface area contributed by atoms with Gasteiger partial charge < -0.3 is 11.3 Å². The van der Waals surface area contributed by atoms with Crippen molar-refractivity contribution in [2.75, 3.05) is 11.4 Å². The predicted octanol–water partition coefficient (Wildman–Crippen LogP) is 0.0309. The number of hydrogen-bond acceptors (Lipinski definition) is 3. The van der Waals surface area contributed by atoms with Gasteiger partial charge in [-0.15, -0.1) is 0 Å². The zero-order chi connectivity index (χ0) is 15.1. The van der Waals surface area contributed by atoms with E-state index >= 15 is 0 Å². The first kappa shape index (κ1) is 18.9. The molecule has 6 heteroatoms. The van der Waals surface area contributed by atoms with Crippen LogP contribution in [0, 0.1) is 0 Å². The zero-order valence-corrected chi connectivity index (χ0v) is 15.4. The molecule has 22 heavy (non-hydrogen) atoms. The number of aliphatic carboxylic acids is 1. The maximum atomic E-state index is 12.1. The molecule has 1 amide bonds. The summed E-state index contributed by atoms with van der Waals surface area (Å²) in [5, 5.41) is 8.93. The standard InChI is InChI=1S/C16H15NO4.K.H/c18-15(19)11-17(14-9-5-2-6-10-14)16(20)21-12-13-7-3-1-4-8-13;;/h1-10H,11-12H2,(H,18,19);;/q;+1;-1. The fourth-order valence-electron chi connectivity index (χ4n) is 1.80. The van der Waals surface area contributed by atoms with Crippen molar-refractivity contribution in [1.82, 2.24) is 0 Å². The Kier molecular flexibility index (Phi) is 8.37. The molecule has 0 bridgehead atoms. The third kappa shape index (κ3) is 5.90. The number of benzene rings is 2. The molecule has 2 aromatic rings. The zero-order valence-electron chi connectivity index (χ0n) is 13.3. The monoisotopic (exact) mass is 325 g/mol. The second kappa shape index (κ2) is 9.76. The van der Waals surface area contributed by atoms with Crippen LogP contribution in [-0.2, 0) is 16.1 Å². The van der Waals surface area contributed by atoms with Crippen LogP contribution in [0.15, 0.2) is 60.7 Å². The number of carbonyl (C=O) groups excluding carboxylic acids is 1. The molecule has 0 aliphatic carbocycles. The van der Waals surface area contributed by atoms with Gasteiger partial charge >= 0.3 is 63.4 Å². The summed E-state index contributed by atoms with van der Waals surface area (Å²) in [6.45, 7) is -0.347. The van der Waals surface area contributed by atoms with E-state index < -0.39 is 18.6 Å². The van der Waals surface area contributed by atoms with Crippen LogP contribution in [0.25, 0.3) is 0 Å². The van der Waals surface area contributed by atoms with Crippen molar-refractivity contribution in [3.8, 4) is 0 Å². The Morgan fingerprint density at radius 2 is 1.55 bits per heavy atom. The molecule has 0 saturated heterocycles. The Hall–Kier alpha value is -1.18. The first-order valence-corrected chi connectivity index (χ1v) is 6.42. The van der Waals surface area contributed by atoms with E-state index in [1.807, 2.05) is 30.3 Å². The van der Waals surface area contributed by atoms with Crippen molar-refractivity contribution in [3.05, 3.63) is 66.2 Å². The van der Waals surface area contributed by atoms with Crippen molar-refractivity contribution in [1.29, 1.82) is 0 Å². The quantitative estimate of drug-likeness (QED) is 0.788. The van der Waals surface area contributed by atoms with Crippen LogP contribution in [0.2, 0.25) is 0 Å². The Bertz CT molecular complexity index is 610. The molecule has 0 spiro atoms. The van der Waals surface area contributed by atoms with Crippen LogP contribution in [0.5, 0.6) is 0 Å². The van der Waals surface area contributed by atoms with Gasteiger partial charge in [0.2, 0.25) is 0 Å². The Balaban J connectivity index is 0.00000242. The van der Waals surface area contributed by atoms with Crippen molar-refractivity contribution < 1.29 is 72.2 Å². The number of ether oxygens (including phenoxy) is 1. The summed E-state index contributed by atoms with van der Waals surface area (Å²) in [6.07, 6.45) is -0.688. The van der Waals surface area contributed by atoms with Crippen LogP contribution in [0.1, 0.15) is 6.99 Å². The molecular formula is C16H16KNO4. The molecule has 0 aliphatic heterocycles. The molecule has 0 fully saturated rings. The van der Waals surface area contributed by atoms with Crippen molar-refractivity contribution in [2.45, 2.75) is 6.61 Å². The van der Waals surface area contributed by atoms with Crippen molar-refractivity contribution in [3.63, 3.8) is 0 Å². The molecule has 0 unspecified atom stereocenters. The molecule has 0 aliphatic rings. The maximum absolute atomic E-state index is 12.1. The summed E-state index contributed by atoms with van der Waals surface area (Å²) in [6, 6.07) is 17.8. The predicted molar refractivity (Wildman–Crippen MR) is 79.2 cm³/mol. The molecule has 0 heterocycles.